The molecule has 0 spiro atoms. The normalized spacial score (nSPS) is 11.0. The Kier molecular flexibility index (Phi) is 5.24. The first kappa shape index (κ1) is 18.7. The predicted molar refractivity (Wildman–Crippen MR) is 109 cm³/mol. The maximum Gasteiger partial charge on any atom is 0.274 e. The lowest BCUT2D eigenvalue weighted by atomic mass is 10.1. The molecule has 0 atom stereocenters. The molecule has 2 heterocycles. The lowest BCUT2D eigenvalue weighted by Crippen LogP contribution is -2.20. The van der Waals surface area contributed by atoms with E-state index in [-0.39, 0.29) is 17.1 Å². The second kappa shape index (κ2) is 8.14. The number of methoxy groups -OCH3 is 1. The van der Waals surface area contributed by atoms with Gasteiger partial charge in [-0.3, -0.25) is 9.78 Å². The van der Waals surface area contributed by atoms with E-state index in [1.807, 2.05) is 24.4 Å². The number of hydrogen-bond donors (Lipinski definition) is 3. The molecule has 148 valence electrons. The molecule has 0 amide bonds. The molecule has 0 bridgehead atoms. The van der Waals surface area contributed by atoms with Crippen LogP contribution in [-0.4, -0.2) is 33.8 Å². The minimum atomic E-state index is -0.318. The highest BCUT2D eigenvalue weighted by Crippen LogP contribution is 2.23. The van der Waals surface area contributed by atoms with Gasteiger partial charge in [0.15, 0.2) is 0 Å². The summed E-state index contributed by atoms with van der Waals surface area (Å²) in [6.45, 7) is 0.575. The molecule has 0 aliphatic rings. The molecule has 0 unspecified atom stereocenters. The summed E-state index contributed by atoms with van der Waals surface area (Å²) >= 11 is 0. The second-order valence-electron chi connectivity index (χ2n) is 6.65. The van der Waals surface area contributed by atoms with Crippen molar-refractivity contribution in [1.29, 1.82) is 0 Å². The van der Waals surface area contributed by atoms with Crippen LogP contribution in [0.5, 0.6) is 5.75 Å². The fourth-order valence-electron chi connectivity index (χ4n) is 3.16. The maximum absolute atomic E-state index is 13.0. The number of anilines is 1. The molecule has 2 aromatic heterocycles. The summed E-state index contributed by atoms with van der Waals surface area (Å²) < 4.78 is 18.3. The van der Waals surface area contributed by atoms with Gasteiger partial charge in [-0.25, -0.2) is 4.39 Å². The molecule has 29 heavy (non-hydrogen) atoms. The van der Waals surface area contributed by atoms with Gasteiger partial charge >= 0.3 is 0 Å². The van der Waals surface area contributed by atoms with Crippen molar-refractivity contribution in [2.75, 3.05) is 19.0 Å². The standard InChI is InChI=1S/C21H20FN5O2/c1-29-16-6-7-18-17(11-16)14(12-24-18)8-9-23-21-25-20(28)19(26-27-21)10-13-2-4-15(22)5-3-13/h2-7,11-12,24H,8-10H2,1H3,(H2,23,25,27,28). The van der Waals surface area contributed by atoms with Crippen LogP contribution in [0.3, 0.4) is 0 Å². The number of nitrogens with zero attached hydrogens (tertiary/aromatic N) is 2. The summed E-state index contributed by atoms with van der Waals surface area (Å²) in [5.41, 5.74) is 2.94. The van der Waals surface area contributed by atoms with Crippen LogP contribution in [0.2, 0.25) is 0 Å². The molecule has 4 rings (SSSR count). The molecule has 4 aromatic rings. The molecule has 2 aromatic carbocycles. The number of halogens is 1. The smallest absolute Gasteiger partial charge is 0.274 e. The predicted octanol–water partition coefficient (Wildman–Crippen LogP) is 3.04. The van der Waals surface area contributed by atoms with E-state index in [1.165, 1.54) is 12.1 Å². The Morgan fingerprint density at radius 2 is 1.97 bits per heavy atom. The molecule has 0 aliphatic carbocycles. The molecular weight excluding hydrogens is 373 g/mol. The lowest BCUT2D eigenvalue weighted by molar-refractivity contribution is 0.415. The van der Waals surface area contributed by atoms with Gasteiger partial charge in [0.05, 0.1) is 7.11 Å². The number of aromatic nitrogens is 4. The summed E-state index contributed by atoms with van der Waals surface area (Å²) in [4.78, 5) is 18.2. The molecule has 0 aliphatic heterocycles. The topological polar surface area (TPSA) is 95.7 Å². The van der Waals surface area contributed by atoms with Crippen molar-refractivity contribution >= 4 is 16.9 Å². The largest absolute Gasteiger partial charge is 0.497 e. The number of rotatable bonds is 7. The van der Waals surface area contributed by atoms with Gasteiger partial charge in [0.2, 0.25) is 5.95 Å². The molecule has 3 N–H and O–H groups in total. The molecular formula is C21H20FN5O2. The van der Waals surface area contributed by atoms with E-state index in [4.69, 9.17) is 4.74 Å². The van der Waals surface area contributed by atoms with Crippen LogP contribution in [0.15, 0.2) is 53.5 Å². The summed E-state index contributed by atoms with van der Waals surface area (Å²) in [5.74, 6) is 0.801. The molecule has 0 radical (unpaired) electrons. The Hall–Kier alpha value is -3.68. The van der Waals surface area contributed by atoms with Gasteiger partial charge in [0.1, 0.15) is 17.3 Å². The fourth-order valence-corrected chi connectivity index (χ4v) is 3.16. The zero-order valence-corrected chi connectivity index (χ0v) is 15.8. The third-order valence-corrected chi connectivity index (χ3v) is 4.71. The number of hydrogen-bond acceptors (Lipinski definition) is 5. The van der Waals surface area contributed by atoms with Crippen LogP contribution in [0.4, 0.5) is 10.3 Å². The number of ether oxygens (including phenoxy) is 1. The van der Waals surface area contributed by atoms with E-state index in [2.05, 4.69) is 25.5 Å². The molecule has 0 saturated heterocycles. The average Bonchev–Trinajstić information content (AvgIpc) is 3.13. The highest BCUT2D eigenvalue weighted by atomic mass is 19.1. The van der Waals surface area contributed by atoms with Crippen molar-refractivity contribution in [2.24, 2.45) is 0 Å². The minimum absolute atomic E-state index is 0.283. The minimum Gasteiger partial charge on any atom is -0.497 e. The van der Waals surface area contributed by atoms with Crippen molar-refractivity contribution in [3.63, 3.8) is 0 Å². The van der Waals surface area contributed by atoms with Gasteiger partial charge in [0.25, 0.3) is 5.56 Å². The van der Waals surface area contributed by atoms with E-state index in [1.54, 1.807) is 19.2 Å². The number of H-pyrrole nitrogens is 2. The van der Waals surface area contributed by atoms with Crippen LogP contribution >= 0.6 is 0 Å². The highest BCUT2D eigenvalue weighted by Gasteiger charge is 2.08. The van der Waals surface area contributed by atoms with Gasteiger partial charge in [-0.15, -0.1) is 10.2 Å². The first-order valence-electron chi connectivity index (χ1n) is 9.20. The van der Waals surface area contributed by atoms with Gasteiger partial charge in [-0.05, 0) is 47.9 Å². The molecule has 7 nitrogen and oxygen atoms in total. The Labute approximate surface area is 166 Å². The van der Waals surface area contributed by atoms with E-state index in [9.17, 15) is 9.18 Å². The van der Waals surface area contributed by atoms with E-state index in [0.29, 0.717) is 18.9 Å². The fraction of sp³-hybridized carbons (Fsp3) is 0.190. The summed E-state index contributed by atoms with van der Waals surface area (Å²) in [6.07, 6.45) is 2.99. The Morgan fingerprint density at radius 1 is 1.14 bits per heavy atom. The van der Waals surface area contributed by atoms with Gasteiger partial charge in [0, 0.05) is 30.1 Å². The highest BCUT2D eigenvalue weighted by molar-refractivity contribution is 5.84. The number of aromatic amines is 2. The third-order valence-electron chi connectivity index (χ3n) is 4.71. The SMILES string of the molecule is COc1ccc2[nH]cc(CCNc3nnc(Cc4ccc(F)cc4)c(=O)[nH]3)c2c1. The zero-order valence-electron chi connectivity index (χ0n) is 15.8. The van der Waals surface area contributed by atoms with Crippen LogP contribution in [0.1, 0.15) is 16.8 Å². The van der Waals surface area contributed by atoms with Crippen LogP contribution < -0.4 is 15.6 Å². The van der Waals surface area contributed by atoms with E-state index >= 15 is 0 Å². The second-order valence-corrected chi connectivity index (χ2v) is 6.65. The van der Waals surface area contributed by atoms with Crippen molar-refractivity contribution in [1.82, 2.24) is 20.2 Å². The van der Waals surface area contributed by atoms with Gasteiger partial charge in [-0.1, -0.05) is 12.1 Å². The van der Waals surface area contributed by atoms with Crippen molar-refractivity contribution in [2.45, 2.75) is 12.8 Å². The number of fused-ring (bicyclic) bond motifs is 1. The van der Waals surface area contributed by atoms with Gasteiger partial charge < -0.3 is 15.0 Å². The van der Waals surface area contributed by atoms with Gasteiger partial charge in [-0.2, -0.15) is 0 Å². The molecule has 0 fully saturated rings. The third kappa shape index (κ3) is 4.26. The van der Waals surface area contributed by atoms with Crippen LogP contribution in [-0.2, 0) is 12.8 Å². The Balaban J connectivity index is 1.39. The van der Waals surface area contributed by atoms with E-state index in [0.717, 1.165) is 34.2 Å². The summed E-state index contributed by atoms with van der Waals surface area (Å²) in [5, 5.41) is 12.2. The summed E-state index contributed by atoms with van der Waals surface area (Å²) in [7, 11) is 1.64. The first-order valence-corrected chi connectivity index (χ1v) is 9.20. The van der Waals surface area contributed by atoms with Crippen LogP contribution in [0.25, 0.3) is 10.9 Å². The maximum atomic E-state index is 13.0. The van der Waals surface area contributed by atoms with Crippen LogP contribution in [0, 0.1) is 5.82 Å². The first-order chi connectivity index (χ1) is 14.1. The van der Waals surface area contributed by atoms with Crippen molar-refractivity contribution < 1.29 is 9.13 Å². The zero-order chi connectivity index (χ0) is 20.2. The van der Waals surface area contributed by atoms with E-state index < -0.39 is 0 Å². The molecule has 0 saturated carbocycles. The van der Waals surface area contributed by atoms with Crippen molar-refractivity contribution in [3.05, 3.63) is 81.7 Å². The Morgan fingerprint density at radius 3 is 2.72 bits per heavy atom. The number of benzene rings is 2. The average molecular weight is 393 g/mol. The molecule has 8 heteroatoms. The quantitative estimate of drug-likeness (QED) is 0.449. The Bertz CT molecular complexity index is 1180. The van der Waals surface area contributed by atoms with Crippen molar-refractivity contribution in [3.8, 4) is 5.75 Å². The lowest BCUT2D eigenvalue weighted by Gasteiger charge is -2.06. The number of nitrogens with one attached hydrogen (secondary N) is 3. The summed E-state index contributed by atoms with van der Waals surface area (Å²) in [6, 6.07) is 11.8. The monoisotopic (exact) mass is 393 g/mol.